The fourth-order valence-corrected chi connectivity index (χ4v) is 5.45. The van der Waals surface area contributed by atoms with Gasteiger partial charge in [0.2, 0.25) is 5.60 Å². The minimum Gasteiger partial charge on any atom is -0.478 e. The summed E-state index contributed by atoms with van der Waals surface area (Å²) in [6.45, 7) is -0.0305. The number of hydrogen-bond donors (Lipinski definition) is 7. The first-order valence-electron chi connectivity index (χ1n) is 12.3. The zero-order valence-electron chi connectivity index (χ0n) is 21.7. The minimum atomic E-state index is -5.04. The van der Waals surface area contributed by atoms with Crippen molar-refractivity contribution in [2.24, 2.45) is 27.3 Å². The number of β-lactam (4-membered cyclic amide) rings is 1. The van der Waals surface area contributed by atoms with Gasteiger partial charge in [0, 0.05) is 18.2 Å². The number of carboxylic acid groups (broad SMARTS) is 1. The first kappa shape index (κ1) is 30.5. The molecule has 1 unspecified atom stereocenters. The summed E-state index contributed by atoms with van der Waals surface area (Å²) in [5.41, 5.74) is 20.4. The third kappa shape index (κ3) is 6.56. The molecular formula is C20H28N12O8S2. The Bertz CT molecular complexity index is 1530. The van der Waals surface area contributed by atoms with Crippen LogP contribution in [-0.2, 0) is 36.1 Å². The molecule has 1 aliphatic heterocycles. The van der Waals surface area contributed by atoms with E-state index < -0.39 is 64.1 Å². The fourth-order valence-electron chi connectivity index (χ4n) is 4.03. The number of nitrogens with zero attached hydrogens (tertiary/aromatic N) is 7. The lowest BCUT2D eigenvalue weighted by Crippen LogP contribution is -2.73. The standard InChI is InChI=1S/C20H28N12O8S2/c21-5-1-2-9(26-18(22)23)10-6-25-31(29-10)7-12-14(16(34)32(12)42(37,38)39)28-15(33)13(11-8-41-19(24)27-11)30-40-20(3-4-20)17(35)36/h6,8-9,12,14H,1-5,7,21H2,(H2,24,27)(H,28,33)(H,35,36)(H4,22,23,26)(H,37,38,39)/b30-13-/t9?,12-,14+/m1/s1. The van der Waals surface area contributed by atoms with Crippen molar-refractivity contribution >= 4 is 56.2 Å². The van der Waals surface area contributed by atoms with Gasteiger partial charge in [-0.25, -0.2) is 19.1 Å². The monoisotopic (exact) mass is 628 g/mol. The Morgan fingerprint density at radius 2 is 2.05 bits per heavy atom. The number of oxime groups is 1. The molecule has 3 atom stereocenters. The third-order valence-electron chi connectivity index (χ3n) is 6.32. The Labute approximate surface area is 241 Å². The Hall–Kier alpha value is -4.41. The van der Waals surface area contributed by atoms with Crippen LogP contribution in [0.25, 0.3) is 0 Å². The number of hydrogen-bond acceptors (Lipinski definition) is 14. The van der Waals surface area contributed by atoms with Crippen molar-refractivity contribution in [3.05, 3.63) is 23.0 Å². The van der Waals surface area contributed by atoms with Gasteiger partial charge < -0.3 is 38.2 Å². The highest BCUT2D eigenvalue weighted by Gasteiger charge is 2.56. The van der Waals surface area contributed by atoms with Gasteiger partial charge in [0.15, 0.2) is 16.8 Å². The second-order valence-electron chi connectivity index (χ2n) is 9.36. The molecule has 0 radical (unpaired) electrons. The van der Waals surface area contributed by atoms with Crippen molar-refractivity contribution in [1.29, 1.82) is 0 Å². The summed E-state index contributed by atoms with van der Waals surface area (Å²) >= 11 is 0.958. The molecule has 228 valence electrons. The van der Waals surface area contributed by atoms with Crippen molar-refractivity contribution in [3.63, 3.8) is 0 Å². The topological polar surface area (TPSA) is 323 Å². The highest BCUT2D eigenvalue weighted by Crippen LogP contribution is 2.40. The Kier molecular flexibility index (Phi) is 8.60. The van der Waals surface area contributed by atoms with Gasteiger partial charge in [0.1, 0.15) is 23.5 Å². The summed E-state index contributed by atoms with van der Waals surface area (Å²) in [6, 6.07) is -3.48. The molecule has 2 aromatic rings. The van der Waals surface area contributed by atoms with Crippen LogP contribution in [0.1, 0.15) is 43.1 Å². The zero-order valence-corrected chi connectivity index (χ0v) is 23.4. The molecular weight excluding hydrogens is 600 g/mol. The van der Waals surface area contributed by atoms with Gasteiger partial charge in [0.25, 0.3) is 11.8 Å². The van der Waals surface area contributed by atoms with Crippen molar-refractivity contribution in [3.8, 4) is 0 Å². The SMILES string of the molecule is NCCCC(N=C(N)N)c1cnn(C[C@@H]2[C@H](NC(=O)/C(=N\OC3(C(=O)O)CC3)c3csc(N)n3)C(=O)N2S(=O)(=O)O)n1. The van der Waals surface area contributed by atoms with Crippen LogP contribution in [0.3, 0.4) is 0 Å². The van der Waals surface area contributed by atoms with Crippen LogP contribution in [0.4, 0.5) is 5.13 Å². The number of nitrogens with one attached hydrogen (secondary N) is 1. The number of carbonyl (C=O) groups excluding carboxylic acids is 2. The van der Waals surface area contributed by atoms with Crippen LogP contribution >= 0.6 is 11.3 Å². The number of rotatable bonds is 14. The molecule has 3 heterocycles. The largest absolute Gasteiger partial charge is 0.478 e. The lowest BCUT2D eigenvalue weighted by molar-refractivity contribution is -0.153. The first-order valence-corrected chi connectivity index (χ1v) is 14.5. The molecule has 0 bridgehead atoms. The van der Waals surface area contributed by atoms with E-state index in [0.717, 1.165) is 16.1 Å². The molecule has 1 aliphatic carbocycles. The van der Waals surface area contributed by atoms with Crippen LogP contribution < -0.4 is 28.3 Å². The van der Waals surface area contributed by atoms with Crippen LogP contribution in [0.15, 0.2) is 21.7 Å². The second-order valence-corrected chi connectivity index (χ2v) is 11.5. The molecule has 1 saturated heterocycles. The lowest BCUT2D eigenvalue weighted by atomic mass is 9.98. The smallest absolute Gasteiger partial charge is 0.362 e. The van der Waals surface area contributed by atoms with Gasteiger partial charge in [-0.15, -0.1) is 11.3 Å². The van der Waals surface area contributed by atoms with Gasteiger partial charge in [-0.2, -0.15) is 23.4 Å². The number of thiazole rings is 1. The molecule has 2 aromatic heterocycles. The normalized spacial score (nSPS) is 20.4. The number of aromatic nitrogens is 4. The van der Waals surface area contributed by atoms with Crippen molar-refractivity contribution in [2.75, 3.05) is 12.3 Å². The average molecular weight is 629 g/mol. The summed E-state index contributed by atoms with van der Waals surface area (Å²) in [5, 5.41) is 25.1. The quantitative estimate of drug-likeness (QED) is 0.0358. The van der Waals surface area contributed by atoms with Gasteiger partial charge in [0.05, 0.1) is 18.8 Å². The molecule has 4 rings (SSSR count). The molecule has 2 aliphatic rings. The predicted molar refractivity (Wildman–Crippen MR) is 145 cm³/mol. The molecule has 22 heteroatoms. The summed E-state index contributed by atoms with van der Waals surface area (Å²) in [5.74, 6) is -3.69. The first-order chi connectivity index (χ1) is 19.8. The van der Waals surface area contributed by atoms with Crippen molar-refractivity contribution < 1.29 is 37.3 Å². The van der Waals surface area contributed by atoms with E-state index in [1.165, 1.54) is 11.6 Å². The minimum absolute atomic E-state index is 0.0612. The van der Waals surface area contributed by atoms with E-state index in [4.69, 9.17) is 27.8 Å². The Morgan fingerprint density at radius 1 is 1.33 bits per heavy atom. The molecule has 1 saturated carbocycles. The number of anilines is 1. The number of guanidine groups is 1. The van der Waals surface area contributed by atoms with Gasteiger partial charge in [-0.05, 0) is 19.4 Å². The molecule has 2 amide bonds. The maximum Gasteiger partial charge on any atom is 0.362 e. The molecule has 0 aromatic carbocycles. The number of aliphatic imine (C=N–C) groups is 1. The Morgan fingerprint density at radius 3 is 2.60 bits per heavy atom. The van der Waals surface area contributed by atoms with Crippen LogP contribution in [0.5, 0.6) is 0 Å². The van der Waals surface area contributed by atoms with E-state index in [9.17, 15) is 32.5 Å². The maximum absolute atomic E-state index is 13.2. The average Bonchev–Trinajstić information content (AvgIpc) is 3.35. The summed E-state index contributed by atoms with van der Waals surface area (Å²) in [4.78, 5) is 51.7. The van der Waals surface area contributed by atoms with Crippen molar-refractivity contribution in [1.82, 2.24) is 29.6 Å². The van der Waals surface area contributed by atoms with E-state index in [2.05, 4.69) is 30.6 Å². The maximum atomic E-state index is 13.2. The van der Waals surface area contributed by atoms with E-state index >= 15 is 0 Å². The Balaban J connectivity index is 1.57. The van der Waals surface area contributed by atoms with Gasteiger partial charge in [-0.1, -0.05) is 5.16 Å². The fraction of sp³-hybridized carbons (Fsp3) is 0.500. The van der Waals surface area contributed by atoms with E-state index in [-0.39, 0.29) is 33.9 Å². The van der Waals surface area contributed by atoms with Crippen LogP contribution in [0.2, 0.25) is 0 Å². The van der Waals surface area contributed by atoms with Crippen LogP contribution in [0, 0.1) is 0 Å². The van der Waals surface area contributed by atoms with E-state index in [0.29, 0.717) is 25.1 Å². The second kappa shape index (κ2) is 11.8. The number of nitrogen functional groups attached to an aromatic ring is 1. The number of amides is 2. The molecule has 0 spiro atoms. The number of nitrogens with two attached hydrogens (primary N) is 4. The van der Waals surface area contributed by atoms with Crippen molar-refractivity contribution in [2.45, 2.75) is 56.0 Å². The zero-order chi connectivity index (χ0) is 30.8. The highest BCUT2D eigenvalue weighted by atomic mass is 32.2. The predicted octanol–water partition coefficient (Wildman–Crippen LogP) is -3.09. The summed E-state index contributed by atoms with van der Waals surface area (Å²) < 4.78 is 33.8. The third-order valence-corrected chi connectivity index (χ3v) is 7.94. The number of carboxylic acids is 1. The molecule has 42 heavy (non-hydrogen) atoms. The number of aliphatic carboxylic acids is 1. The lowest BCUT2D eigenvalue weighted by Gasteiger charge is -2.43. The molecule has 11 N–H and O–H groups in total. The number of carbonyl (C=O) groups is 3. The molecule has 20 nitrogen and oxygen atoms in total. The van der Waals surface area contributed by atoms with Gasteiger partial charge >= 0.3 is 16.3 Å². The summed E-state index contributed by atoms with van der Waals surface area (Å²) in [7, 11) is -5.04. The molecule has 2 fully saturated rings. The summed E-state index contributed by atoms with van der Waals surface area (Å²) in [6.07, 6.45) is 2.63. The van der Waals surface area contributed by atoms with E-state index in [1.807, 2.05) is 0 Å². The van der Waals surface area contributed by atoms with Gasteiger partial charge in [-0.3, -0.25) is 14.1 Å². The highest BCUT2D eigenvalue weighted by molar-refractivity contribution is 7.84. The van der Waals surface area contributed by atoms with E-state index in [1.54, 1.807) is 0 Å². The van der Waals surface area contributed by atoms with Crippen LogP contribution in [-0.4, -0.2) is 96.0 Å².